The van der Waals surface area contributed by atoms with Gasteiger partial charge in [0.1, 0.15) is 0 Å². The average molecular weight is 397 g/mol. The Hall–Kier alpha value is -2.60. The predicted octanol–water partition coefficient (Wildman–Crippen LogP) is 4.14. The molecule has 1 heterocycles. The molecule has 1 aliphatic carbocycles. The fourth-order valence-corrected chi connectivity index (χ4v) is 4.76. The lowest BCUT2D eigenvalue weighted by molar-refractivity contribution is 0.0951. The average Bonchev–Trinajstić information content (AvgIpc) is 3.43. The van der Waals surface area contributed by atoms with Crippen LogP contribution >= 0.6 is 0 Å². The Labute approximate surface area is 165 Å². The second kappa shape index (κ2) is 7.09. The summed E-state index contributed by atoms with van der Waals surface area (Å²) in [6.07, 6.45) is 4.04. The van der Waals surface area contributed by atoms with Crippen LogP contribution < -0.4 is 5.32 Å². The molecule has 1 fully saturated rings. The highest BCUT2D eigenvalue weighted by atomic mass is 32.2. The van der Waals surface area contributed by atoms with E-state index in [2.05, 4.69) is 5.32 Å². The zero-order chi connectivity index (χ0) is 19.9. The van der Waals surface area contributed by atoms with Gasteiger partial charge in [-0.15, -0.1) is 0 Å². The van der Waals surface area contributed by atoms with E-state index >= 15 is 0 Å². The highest BCUT2D eigenvalue weighted by molar-refractivity contribution is 7.90. The number of amides is 1. The topological polar surface area (TPSA) is 68.2 Å². The molecule has 0 spiro atoms. The van der Waals surface area contributed by atoms with Crippen molar-refractivity contribution in [1.29, 1.82) is 0 Å². The van der Waals surface area contributed by atoms with Crippen molar-refractivity contribution in [3.05, 3.63) is 65.9 Å². The second-order valence-electron chi connectivity index (χ2n) is 7.73. The highest BCUT2D eigenvalue weighted by Crippen LogP contribution is 2.30. The van der Waals surface area contributed by atoms with Gasteiger partial charge in [-0.3, -0.25) is 4.79 Å². The van der Waals surface area contributed by atoms with Gasteiger partial charge in [-0.1, -0.05) is 32.0 Å². The fourth-order valence-electron chi connectivity index (χ4n) is 3.39. The number of aromatic nitrogens is 1. The Kier molecular flexibility index (Phi) is 4.75. The summed E-state index contributed by atoms with van der Waals surface area (Å²) in [5.74, 6) is 0.643. The SMILES string of the molecule is CC(C)c1cn(S(=O)(=O)c2ccc(C(=O)NCC3CC3)cc2)c2ccccc12. The van der Waals surface area contributed by atoms with Crippen LogP contribution in [0.25, 0.3) is 10.9 Å². The first-order chi connectivity index (χ1) is 13.4. The molecule has 1 aromatic heterocycles. The van der Waals surface area contributed by atoms with Gasteiger partial charge in [-0.25, -0.2) is 12.4 Å². The molecule has 6 heteroatoms. The summed E-state index contributed by atoms with van der Waals surface area (Å²) in [5.41, 5.74) is 2.13. The molecule has 0 bridgehead atoms. The maximum atomic E-state index is 13.3. The van der Waals surface area contributed by atoms with Gasteiger partial charge in [0.05, 0.1) is 10.4 Å². The molecule has 0 aliphatic heterocycles. The Bertz CT molecular complexity index is 1120. The first kappa shape index (κ1) is 18.7. The lowest BCUT2D eigenvalue weighted by Gasteiger charge is -2.09. The van der Waals surface area contributed by atoms with Crippen LogP contribution in [0.3, 0.4) is 0 Å². The number of hydrogen-bond acceptors (Lipinski definition) is 3. The summed E-state index contributed by atoms with van der Waals surface area (Å²) in [6, 6.07) is 13.7. The molecular formula is C22H24N2O3S. The van der Waals surface area contributed by atoms with Gasteiger partial charge in [-0.05, 0) is 60.6 Å². The molecular weight excluding hydrogens is 372 g/mol. The van der Waals surface area contributed by atoms with Crippen molar-refractivity contribution in [3.8, 4) is 0 Å². The zero-order valence-electron chi connectivity index (χ0n) is 16.1. The molecule has 0 atom stereocenters. The van der Waals surface area contributed by atoms with E-state index in [1.54, 1.807) is 18.3 Å². The van der Waals surface area contributed by atoms with E-state index in [1.165, 1.54) is 28.9 Å². The summed E-state index contributed by atoms with van der Waals surface area (Å²) in [5, 5.41) is 3.84. The van der Waals surface area contributed by atoms with Crippen molar-refractivity contribution in [1.82, 2.24) is 9.29 Å². The van der Waals surface area contributed by atoms with Crippen molar-refractivity contribution < 1.29 is 13.2 Å². The van der Waals surface area contributed by atoms with Crippen molar-refractivity contribution in [3.63, 3.8) is 0 Å². The van der Waals surface area contributed by atoms with Crippen LogP contribution in [0.5, 0.6) is 0 Å². The third kappa shape index (κ3) is 3.44. The molecule has 0 saturated heterocycles. The number of fused-ring (bicyclic) bond motifs is 1. The number of nitrogens with zero attached hydrogens (tertiary/aromatic N) is 1. The molecule has 2 aromatic carbocycles. The number of benzene rings is 2. The van der Waals surface area contributed by atoms with Crippen LogP contribution in [0, 0.1) is 5.92 Å². The molecule has 28 heavy (non-hydrogen) atoms. The molecule has 1 saturated carbocycles. The normalized spacial score (nSPS) is 14.5. The van der Waals surface area contributed by atoms with Crippen molar-refractivity contribution >= 4 is 26.8 Å². The van der Waals surface area contributed by atoms with Crippen molar-refractivity contribution in [2.45, 2.75) is 37.5 Å². The zero-order valence-corrected chi connectivity index (χ0v) is 16.9. The van der Waals surface area contributed by atoms with Crippen LogP contribution in [0.15, 0.2) is 59.6 Å². The largest absolute Gasteiger partial charge is 0.352 e. The molecule has 0 radical (unpaired) electrons. The summed E-state index contributed by atoms with van der Waals surface area (Å²) < 4.78 is 27.8. The van der Waals surface area contributed by atoms with E-state index in [1.807, 2.05) is 38.1 Å². The van der Waals surface area contributed by atoms with E-state index in [4.69, 9.17) is 0 Å². The summed E-state index contributed by atoms with van der Waals surface area (Å²) in [7, 11) is -3.75. The lowest BCUT2D eigenvalue weighted by Crippen LogP contribution is -2.25. The number of hydrogen-bond donors (Lipinski definition) is 1. The van der Waals surface area contributed by atoms with E-state index < -0.39 is 10.0 Å². The minimum absolute atomic E-state index is 0.163. The quantitative estimate of drug-likeness (QED) is 0.681. The minimum Gasteiger partial charge on any atom is -0.352 e. The van der Waals surface area contributed by atoms with Crippen molar-refractivity contribution in [2.24, 2.45) is 5.92 Å². The third-order valence-corrected chi connectivity index (χ3v) is 6.94. The Balaban J connectivity index is 1.67. The molecule has 0 unspecified atom stereocenters. The van der Waals surface area contributed by atoms with E-state index in [0.29, 0.717) is 23.5 Å². The second-order valence-corrected chi connectivity index (χ2v) is 9.55. The van der Waals surface area contributed by atoms with Gasteiger partial charge in [0, 0.05) is 23.7 Å². The number of carbonyl (C=O) groups is 1. The summed E-state index contributed by atoms with van der Waals surface area (Å²) >= 11 is 0. The summed E-state index contributed by atoms with van der Waals surface area (Å²) in [6.45, 7) is 4.79. The van der Waals surface area contributed by atoms with Crippen molar-refractivity contribution in [2.75, 3.05) is 6.54 Å². The van der Waals surface area contributed by atoms with E-state index in [0.717, 1.165) is 10.9 Å². The van der Waals surface area contributed by atoms with Gasteiger partial charge < -0.3 is 5.32 Å². The molecule has 1 aliphatic rings. The Morgan fingerprint density at radius 1 is 1.11 bits per heavy atom. The van der Waals surface area contributed by atoms with Gasteiger partial charge in [0.15, 0.2) is 0 Å². The van der Waals surface area contributed by atoms with Gasteiger partial charge in [0.2, 0.25) is 0 Å². The van der Waals surface area contributed by atoms with Gasteiger partial charge >= 0.3 is 0 Å². The number of carbonyl (C=O) groups excluding carboxylic acids is 1. The molecule has 5 nitrogen and oxygen atoms in total. The van der Waals surface area contributed by atoms with Crippen LogP contribution in [-0.4, -0.2) is 24.8 Å². The minimum atomic E-state index is -3.75. The number of para-hydroxylation sites is 1. The fraction of sp³-hybridized carbons (Fsp3) is 0.318. The first-order valence-electron chi connectivity index (χ1n) is 9.62. The van der Waals surface area contributed by atoms with Crippen LogP contribution in [0.2, 0.25) is 0 Å². The maximum Gasteiger partial charge on any atom is 0.268 e. The molecule has 1 amide bonds. The monoisotopic (exact) mass is 396 g/mol. The van der Waals surface area contributed by atoms with Gasteiger partial charge in [-0.2, -0.15) is 0 Å². The van der Waals surface area contributed by atoms with E-state index in [9.17, 15) is 13.2 Å². The highest BCUT2D eigenvalue weighted by Gasteiger charge is 2.24. The van der Waals surface area contributed by atoms with Crippen LogP contribution in [-0.2, 0) is 10.0 Å². The Morgan fingerprint density at radius 2 is 1.79 bits per heavy atom. The predicted molar refractivity (Wildman–Crippen MR) is 110 cm³/mol. The standard InChI is InChI=1S/C22H24N2O3S/c1-15(2)20-14-24(21-6-4-3-5-19(20)21)28(26,27)18-11-9-17(10-12-18)22(25)23-13-16-7-8-16/h3-6,9-12,14-16H,7-8,13H2,1-2H3,(H,23,25). The maximum absolute atomic E-state index is 13.3. The molecule has 1 N–H and O–H groups in total. The Morgan fingerprint density at radius 3 is 2.43 bits per heavy atom. The lowest BCUT2D eigenvalue weighted by atomic mass is 10.0. The molecule has 146 valence electrons. The molecule has 3 aromatic rings. The van der Waals surface area contributed by atoms with Crippen LogP contribution in [0.1, 0.15) is 48.5 Å². The first-order valence-corrected chi connectivity index (χ1v) is 11.1. The summed E-state index contributed by atoms with van der Waals surface area (Å²) in [4.78, 5) is 12.4. The smallest absolute Gasteiger partial charge is 0.268 e. The molecule has 4 rings (SSSR count). The number of rotatable bonds is 6. The number of nitrogens with one attached hydrogen (secondary N) is 1. The third-order valence-electron chi connectivity index (χ3n) is 5.25. The van der Waals surface area contributed by atoms with Gasteiger partial charge in [0.25, 0.3) is 15.9 Å². The van der Waals surface area contributed by atoms with E-state index in [-0.39, 0.29) is 16.7 Å². The van der Waals surface area contributed by atoms with Crippen LogP contribution in [0.4, 0.5) is 0 Å².